The molecule has 0 bridgehead atoms. The quantitative estimate of drug-likeness (QED) is 0.611. The molecule has 1 rings (SSSR count). The Balaban J connectivity index is 2.77. The fourth-order valence-electron chi connectivity index (χ4n) is 1.25. The van der Waals surface area contributed by atoms with E-state index in [4.69, 9.17) is 0 Å². The van der Waals surface area contributed by atoms with Gasteiger partial charge in [-0.15, -0.1) is 0 Å². The Morgan fingerprint density at radius 1 is 1.46 bits per heavy atom. The number of hydrogen-bond donors (Lipinski definition) is 0. The lowest BCUT2D eigenvalue weighted by Crippen LogP contribution is -2.24. The highest BCUT2D eigenvalue weighted by molar-refractivity contribution is 7.94. The van der Waals surface area contributed by atoms with Crippen LogP contribution >= 0.6 is 0 Å². The molecule has 0 unspecified atom stereocenters. The van der Waals surface area contributed by atoms with E-state index in [1.54, 1.807) is 6.92 Å². The second-order valence-corrected chi connectivity index (χ2v) is 7.04. The SMILES string of the molecule is CCOS(=O)(=O)[C@H]1CCS(=O)(=O)C1. The van der Waals surface area contributed by atoms with Crippen molar-refractivity contribution in [2.24, 2.45) is 0 Å². The lowest BCUT2D eigenvalue weighted by molar-refractivity contribution is 0.332. The highest BCUT2D eigenvalue weighted by atomic mass is 32.2. The van der Waals surface area contributed by atoms with Gasteiger partial charge in [0.1, 0.15) is 5.25 Å². The zero-order valence-corrected chi connectivity index (χ0v) is 8.90. The highest BCUT2D eigenvalue weighted by Crippen LogP contribution is 2.19. The molecule has 0 aromatic carbocycles. The molecule has 5 nitrogen and oxygen atoms in total. The van der Waals surface area contributed by atoms with Crippen molar-refractivity contribution in [3.8, 4) is 0 Å². The first-order valence-electron chi connectivity index (χ1n) is 3.96. The number of sulfone groups is 1. The van der Waals surface area contributed by atoms with E-state index in [0.717, 1.165) is 0 Å². The smallest absolute Gasteiger partial charge is 0.270 e. The monoisotopic (exact) mass is 228 g/mol. The largest absolute Gasteiger partial charge is 0.271 e. The van der Waals surface area contributed by atoms with Gasteiger partial charge >= 0.3 is 0 Å². The molecule has 1 aliphatic heterocycles. The first-order chi connectivity index (χ1) is 5.87. The van der Waals surface area contributed by atoms with Crippen molar-refractivity contribution >= 4 is 20.0 Å². The minimum Gasteiger partial charge on any atom is -0.270 e. The second-order valence-electron chi connectivity index (χ2n) is 2.92. The fourth-order valence-corrected chi connectivity index (χ4v) is 5.16. The van der Waals surface area contributed by atoms with Crippen LogP contribution in [0.15, 0.2) is 0 Å². The van der Waals surface area contributed by atoms with Crippen LogP contribution < -0.4 is 0 Å². The van der Waals surface area contributed by atoms with Gasteiger partial charge in [0.25, 0.3) is 10.1 Å². The summed E-state index contributed by atoms with van der Waals surface area (Å²) < 4.78 is 48.9. The normalized spacial score (nSPS) is 27.6. The van der Waals surface area contributed by atoms with Crippen molar-refractivity contribution in [2.45, 2.75) is 18.6 Å². The van der Waals surface area contributed by atoms with E-state index < -0.39 is 25.2 Å². The van der Waals surface area contributed by atoms with E-state index in [-0.39, 0.29) is 24.5 Å². The van der Waals surface area contributed by atoms with E-state index in [1.807, 2.05) is 0 Å². The fraction of sp³-hybridized carbons (Fsp3) is 1.00. The minimum absolute atomic E-state index is 0.0516. The average Bonchev–Trinajstić information content (AvgIpc) is 2.30. The Hall–Kier alpha value is -0.140. The number of rotatable bonds is 3. The lowest BCUT2D eigenvalue weighted by atomic mass is 10.4. The van der Waals surface area contributed by atoms with Gasteiger partial charge in [-0.2, -0.15) is 8.42 Å². The van der Waals surface area contributed by atoms with Crippen LogP contribution in [0.2, 0.25) is 0 Å². The van der Waals surface area contributed by atoms with Crippen LogP contribution in [-0.2, 0) is 24.1 Å². The molecule has 0 N–H and O–H groups in total. The molecule has 0 saturated carbocycles. The van der Waals surface area contributed by atoms with Crippen LogP contribution in [0.25, 0.3) is 0 Å². The van der Waals surface area contributed by atoms with Gasteiger partial charge in [0.05, 0.1) is 18.1 Å². The molecule has 0 spiro atoms. The summed E-state index contributed by atoms with van der Waals surface area (Å²) in [5.41, 5.74) is 0. The first kappa shape index (κ1) is 10.9. The van der Waals surface area contributed by atoms with Gasteiger partial charge in [-0.05, 0) is 13.3 Å². The molecule has 1 saturated heterocycles. The lowest BCUT2D eigenvalue weighted by Gasteiger charge is -2.07. The van der Waals surface area contributed by atoms with Gasteiger partial charge in [-0.3, -0.25) is 4.18 Å². The Kier molecular flexibility index (Phi) is 2.98. The third-order valence-electron chi connectivity index (χ3n) is 1.88. The maximum atomic E-state index is 11.2. The zero-order chi connectivity index (χ0) is 10.1. The molecule has 13 heavy (non-hydrogen) atoms. The molecule has 0 radical (unpaired) electrons. The van der Waals surface area contributed by atoms with Crippen LogP contribution in [0, 0.1) is 0 Å². The molecular weight excluding hydrogens is 216 g/mol. The maximum absolute atomic E-state index is 11.2. The van der Waals surface area contributed by atoms with E-state index in [0.29, 0.717) is 0 Å². The summed E-state index contributed by atoms with van der Waals surface area (Å²) in [7, 11) is -6.82. The molecule has 0 amide bonds. The summed E-state index contributed by atoms with van der Waals surface area (Å²) >= 11 is 0. The summed E-state index contributed by atoms with van der Waals surface area (Å²) in [5, 5.41) is -0.863. The van der Waals surface area contributed by atoms with Crippen molar-refractivity contribution in [3.05, 3.63) is 0 Å². The summed E-state index contributed by atoms with van der Waals surface area (Å²) in [6.07, 6.45) is 0.157. The maximum Gasteiger partial charge on any atom is 0.271 e. The summed E-state index contributed by atoms with van der Waals surface area (Å²) in [5.74, 6) is -0.348. The average molecular weight is 228 g/mol. The van der Waals surface area contributed by atoms with Crippen molar-refractivity contribution in [1.29, 1.82) is 0 Å². The molecule has 1 heterocycles. The van der Waals surface area contributed by atoms with Gasteiger partial charge in [0.15, 0.2) is 9.84 Å². The second kappa shape index (κ2) is 3.55. The van der Waals surface area contributed by atoms with Crippen molar-refractivity contribution < 1.29 is 21.0 Å². The molecular formula is C6H12O5S2. The Bertz CT molecular complexity index is 366. The predicted octanol–water partition coefficient (Wildman–Crippen LogP) is -0.460. The van der Waals surface area contributed by atoms with Crippen LogP contribution in [0.3, 0.4) is 0 Å². The summed E-state index contributed by atoms with van der Waals surface area (Å²) in [4.78, 5) is 0. The highest BCUT2D eigenvalue weighted by Gasteiger charge is 2.37. The Morgan fingerprint density at radius 3 is 2.46 bits per heavy atom. The molecule has 78 valence electrons. The standard InChI is InChI=1S/C6H12O5S2/c1-2-11-13(9,10)6-3-4-12(7,8)5-6/h6H,2-5H2,1H3/t6-/m0/s1. The third-order valence-corrected chi connectivity index (χ3v) is 5.64. The summed E-state index contributed by atoms with van der Waals surface area (Å²) in [6.45, 7) is 1.61. The molecule has 1 fully saturated rings. The van der Waals surface area contributed by atoms with Gasteiger partial charge in [0, 0.05) is 0 Å². The van der Waals surface area contributed by atoms with E-state index in [1.165, 1.54) is 0 Å². The van der Waals surface area contributed by atoms with Crippen molar-refractivity contribution in [3.63, 3.8) is 0 Å². The van der Waals surface area contributed by atoms with Gasteiger partial charge in [-0.25, -0.2) is 8.42 Å². The predicted molar refractivity (Wildman–Crippen MR) is 47.6 cm³/mol. The Morgan fingerprint density at radius 2 is 2.08 bits per heavy atom. The molecule has 1 aliphatic rings. The van der Waals surface area contributed by atoms with Gasteiger partial charge in [0.2, 0.25) is 0 Å². The van der Waals surface area contributed by atoms with Crippen LogP contribution in [0.4, 0.5) is 0 Å². The zero-order valence-electron chi connectivity index (χ0n) is 7.26. The van der Waals surface area contributed by atoms with Crippen LogP contribution in [-0.4, -0.2) is 40.2 Å². The molecule has 1 atom stereocenters. The molecule has 0 aromatic rings. The Labute approximate surface area is 78.1 Å². The molecule has 7 heteroatoms. The van der Waals surface area contributed by atoms with Crippen molar-refractivity contribution in [2.75, 3.05) is 18.1 Å². The topological polar surface area (TPSA) is 77.5 Å². The number of hydrogen-bond acceptors (Lipinski definition) is 5. The summed E-state index contributed by atoms with van der Waals surface area (Å²) in [6, 6.07) is 0. The molecule has 0 aliphatic carbocycles. The molecule has 0 aromatic heterocycles. The van der Waals surface area contributed by atoms with Gasteiger partial charge < -0.3 is 0 Å². The van der Waals surface area contributed by atoms with Crippen molar-refractivity contribution in [1.82, 2.24) is 0 Å². The van der Waals surface area contributed by atoms with E-state index >= 15 is 0 Å². The van der Waals surface area contributed by atoms with E-state index in [2.05, 4.69) is 4.18 Å². The van der Waals surface area contributed by atoms with Crippen LogP contribution in [0.1, 0.15) is 13.3 Å². The minimum atomic E-state index is -3.66. The van der Waals surface area contributed by atoms with E-state index in [9.17, 15) is 16.8 Å². The van der Waals surface area contributed by atoms with Gasteiger partial charge in [-0.1, -0.05) is 0 Å². The van der Waals surface area contributed by atoms with Crippen LogP contribution in [0.5, 0.6) is 0 Å². The third kappa shape index (κ3) is 2.65. The first-order valence-corrected chi connectivity index (χ1v) is 7.25.